The zero-order valence-corrected chi connectivity index (χ0v) is 12.7. The van der Waals surface area contributed by atoms with Gasteiger partial charge in [0.2, 0.25) is 0 Å². The molecule has 0 aliphatic heterocycles. The van der Waals surface area contributed by atoms with Crippen molar-refractivity contribution in [1.82, 2.24) is 4.90 Å². The van der Waals surface area contributed by atoms with Gasteiger partial charge in [-0.25, -0.2) is 4.39 Å². The normalized spacial score (nSPS) is 11.1. The van der Waals surface area contributed by atoms with Crippen LogP contribution in [0.4, 0.5) is 4.39 Å². The van der Waals surface area contributed by atoms with Crippen LogP contribution in [-0.2, 0) is 4.79 Å². The van der Waals surface area contributed by atoms with Gasteiger partial charge in [0.1, 0.15) is 17.9 Å². The maximum Gasteiger partial charge on any atom is 0.323 e. The van der Waals surface area contributed by atoms with Gasteiger partial charge in [-0.05, 0) is 31.0 Å². The predicted molar refractivity (Wildman–Crippen MR) is 79.3 cm³/mol. The number of carboxylic acids is 1. The minimum absolute atomic E-state index is 0.0579. The molecule has 0 bridgehead atoms. The van der Waals surface area contributed by atoms with Crippen molar-refractivity contribution >= 4 is 22.8 Å². The number of nitrogens with zero attached hydrogens (tertiary/aromatic N) is 1. The van der Waals surface area contributed by atoms with Crippen LogP contribution >= 0.6 is 0 Å². The van der Waals surface area contributed by atoms with Crippen molar-refractivity contribution in [3.05, 3.63) is 35.3 Å². The molecule has 1 amide bonds. The molecule has 0 spiro atoms. The van der Waals surface area contributed by atoms with Gasteiger partial charge < -0.3 is 14.4 Å². The number of rotatable bonds is 5. The number of carboxylic acid groups (broad SMARTS) is 1. The minimum atomic E-state index is -1.09. The molecule has 0 fully saturated rings. The van der Waals surface area contributed by atoms with Crippen molar-refractivity contribution < 1.29 is 23.5 Å². The van der Waals surface area contributed by atoms with Crippen molar-refractivity contribution in [3.8, 4) is 0 Å². The van der Waals surface area contributed by atoms with E-state index in [4.69, 9.17) is 9.52 Å². The first-order chi connectivity index (χ1) is 10.3. The van der Waals surface area contributed by atoms with Gasteiger partial charge in [0.15, 0.2) is 5.76 Å². The van der Waals surface area contributed by atoms with E-state index in [-0.39, 0.29) is 11.7 Å². The summed E-state index contributed by atoms with van der Waals surface area (Å²) in [5, 5.41) is 9.48. The first-order valence-electron chi connectivity index (χ1n) is 6.99. The van der Waals surface area contributed by atoms with Crippen LogP contribution in [0, 0.1) is 18.7 Å². The van der Waals surface area contributed by atoms with Crippen LogP contribution in [-0.4, -0.2) is 35.0 Å². The van der Waals surface area contributed by atoms with Gasteiger partial charge >= 0.3 is 5.97 Å². The highest BCUT2D eigenvalue weighted by molar-refractivity contribution is 5.99. The molecular formula is C16H18FNO4. The summed E-state index contributed by atoms with van der Waals surface area (Å²) in [6.07, 6.45) is 0. The number of fused-ring (bicyclic) bond motifs is 1. The van der Waals surface area contributed by atoms with E-state index in [0.717, 1.165) is 0 Å². The maximum absolute atomic E-state index is 13.3. The number of hydrogen-bond donors (Lipinski definition) is 1. The van der Waals surface area contributed by atoms with E-state index >= 15 is 0 Å². The monoisotopic (exact) mass is 307 g/mol. The SMILES string of the molecule is Cc1c(C(=O)N(CC(=O)O)CC(C)C)oc2ccc(F)cc12. The molecule has 1 heterocycles. The third kappa shape index (κ3) is 3.27. The number of hydrogen-bond acceptors (Lipinski definition) is 3. The predicted octanol–water partition coefficient (Wildman–Crippen LogP) is 3.06. The second kappa shape index (κ2) is 6.17. The van der Waals surface area contributed by atoms with E-state index in [9.17, 15) is 14.0 Å². The molecule has 0 saturated heterocycles. The fraction of sp³-hybridized carbons (Fsp3) is 0.375. The Balaban J connectivity index is 2.41. The first-order valence-corrected chi connectivity index (χ1v) is 6.99. The first kappa shape index (κ1) is 16.0. The summed E-state index contributed by atoms with van der Waals surface area (Å²) in [4.78, 5) is 24.8. The number of carbonyl (C=O) groups is 2. The Bertz CT molecular complexity index is 720. The van der Waals surface area contributed by atoms with Crippen LogP contribution in [0.5, 0.6) is 0 Å². The highest BCUT2D eigenvalue weighted by atomic mass is 19.1. The largest absolute Gasteiger partial charge is 0.480 e. The fourth-order valence-corrected chi connectivity index (χ4v) is 2.36. The highest BCUT2D eigenvalue weighted by Crippen LogP contribution is 2.27. The Morgan fingerprint density at radius 3 is 2.64 bits per heavy atom. The van der Waals surface area contributed by atoms with E-state index in [1.165, 1.54) is 23.1 Å². The molecule has 2 aromatic rings. The van der Waals surface area contributed by atoms with Gasteiger partial charge in [-0.1, -0.05) is 13.8 Å². The lowest BCUT2D eigenvalue weighted by molar-refractivity contribution is -0.137. The number of halogens is 1. The van der Waals surface area contributed by atoms with Crippen molar-refractivity contribution in [3.63, 3.8) is 0 Å². The van der Waals surface area contributed by atoms with E-state index in [1.54, 1.807) is 6.92 Å². The standard InChI is InChI=1S/C16H18FNO4/c1-9(2)7-18(8-14(19)20)16(21)15-10(3)12-6-11(17)4-5-13(12)22-15/h4-6,9H,7-8H2,1-3H3,(H,19,20). The lowest BCUT2D eigenvalue weighted by Gasteiger charge is -2.21. The van der Waals surface area contributed by atoms with Crippen LogP contribution in [0.15, 0.2) is 22.6 Å². The molecule has 0 saturated carbocycles. The summed E-state index contributed by atoms with van der Waals surface area (Å²) >= 11 is 0. The summed E-state index contributed by atoms with van der Waals surface area (Å²) in [6.45, 7) is 5.34. The third-order valence-corrected chi connectivity index (χ3v) is 3.29. The molecule has 2 rings (SSSR count). The molecule has 0 aliphatic carbocycles. The van der Waals surface area contributed by atoms with E-state index in [2.05, 4.69) is 0 Å². The summed E-state index contributed by atoms with van der Waals surface area (Å²) in [7, 11) is 0. The zero-order valence-electron chi connectivity index (χ0n) is 12.7. The molecule has 0 unspecified atom stereocenters. The Kier molecular flexibility index (Phi) is 4.49. The molecule has 22 heavy (non-hydrogen) atoms. The Labute approximate surface area is 127 Å². The Morgan fingerprint density at radius 2 is 2.05 bits per heavy atom. The average Bonchev–Trinajstić information content (AvgIpc) is 2.73. The van der Waals surface area contributed by atoms with Crippen LogP contribution in [0.3, 0.4) is 0 Å². The molecule has 118 valence electrons. The molecule has 6 heteroatoms. The van der Waals surface area contributed by atoms with Crippen molar-refractivity contribution in [1.29, 1.82) is 0 Å². The van der Waals surface area contributed by atoms with Gasteiger partial charge in [-0.3, -0.25) is 9.59 Å². The third-order valence-electron chi connectivity index (χ3n) is 3.29. The topological polar surface area (TPSA) is 70.8 Å². The molecule has 5 nitrogen and oxygen atoms in total. The molecule has 1 aromatic heterocycles. The number of aliphatic carboxylic acids is 1. The molecule has 1 aromatic carbocycles. The van der Waals surface area contributed by atoms with Crippen LogP contribution < -0.4 is 0 Å². The van der Waals surface area contributed by atoms with Gasteiger partial charge in [-0.2, -0.15) is 0 Å². The maximum atomic E-state index is 13.3. The lowest BCUT2D eigenvalue weighted by atomic mass is 10.1. The quantitative estimate of drug-likeness (QED) is 0.921. The Hall–Kier alpha value is -2.37. The van der Waals surface area contributed by atoms with E-state index in [1.807, 2.05) is 13.8 Å². The van der Waals surface area contributed by atoms with Gasteiger partial charge in [0.05, 0.1) is 0 Å². The fourth-order valence-electron chi connectivity index (χ4n) is 2.36. The highest BCUT2D eigenvalue weighted by Gasteiger charge is 2.25. The molecule has 0 atom stereocenters. The van der Waals surface area contributed by atoms with Crippen LogP contribution in [0.25, 0.3) is 11.0 Å². The summed E-state index contributed by atoms with van der Waals surface area (Å²) < 4.78 is 18.8. The zero-order chi connectivity index (χ0) is 16.4. The number of aryl methyl sites for hydroxylation is 1. The Morgan fingerprint density at radius 1 is 1.36 bits per heavy atom. The van der Waals surface area contributed by atoms with Crippen molar-refractivity contribution in [2.24, 2.45) is 5.92 Å². The summed E-state index contributed by atoms with van der Waals surface area (Å²) in [5.41, 5.74) is 0.917. The molecule has 1 N–H and O–H groups in total. The second-order valence-corrected chi connectivity index (χ2v) is 5.67. The van der Waals surface area contributed by atoms with Crippen molar-refractivity contribution in [2.45, 2.75) is 20.8 Å². The van der Waals surface area contributed by atoms with Crippen molar-refractivity contribution in [2.75, 3.05) is 13.1 Å². The summed E-state index contributed by atoms with van der Waals surface area (Å²) in [5.74, 6) is -1.83. The molecular weight excluding hydrogens is 289 g/mol. The average molecular weight is 307 g/mol. The van der Waals surface area contributed by atoms with E-state index in [0.29, 0.717) is 23.1 Å². The number of amides is 1. The second-order valence-electron chi connectivity index (χ2n) is 5.67. The minimum Gasteiger partial charge on any atom is -0.480 e. The van der Waals surface area contributed by atoms with Gasteiger partial charge in [0, 0.05) is 17.5 Å². The summed E-state index contributed by atoms with van der Waals surface area (Å²) in [6, 6.07) is 4.01. The van der Waals surface area contributed by atoms with Crippen LogP contribution in [0.2, 0.25) is 0 Å². The van der Waals surface area contributed by atoms with Crippen LogP contribution in [0.1, 0.15) is 30.0 Å². The number of carbonyl (C=O) groups excluding carboxylic acids is 1. The molecule has 0 aliphatic rings. The van der Waals surface area contributed by atoms with Gasteiger partial charge in [-0.15, -0.1) is 0 Å². The number of furan rings is 1. The van der Waals surface area contributed by atoms with E-state index < -0.39 is 24.2 Å². The number of benzene rings is 1. The molecule has 0 radical (unpaired) electrons. The smallest absolute Gasteiger partial charge is 0.323 e. The lowest BCUT2D eigenvalue weighted by Crippen LogP contribution is -2.38. The van der Waals surface area contributed by atoms with Gasteiger partial charge in [0.25, 0.3) is 5.91 Å².